The molecule has 18 heavy (non-hydrogen) atoms. The van der Waals surface area contributed by atoms with Crippen LogP contribution in [0.15, 0.2) is 16.5 Å². The molecule has 0 aliphatic carbocycles. The fourth-order valence-electron chi connectivity index (χ4n) is 2.17. The van der Waals surface area contributed by atoms with Gasteiger partial charge in [0.15, 0.2) is 5.88 Å². The van der Waals surface area contributed by atoms with Crippen molar-refractivity contribution in [2.24, 2.45) is 0 Å². The van der Waals surface area contributed by atoms with Gasteiger partial charge in [-0.3, -0.25) is 4.79 Å². The Morgan fingerprint density at radius 3 is 2.83 bits per heavy atom. The molecule has 6 heteroatoms. The smallest absolute Gasteiger partial charge is 0.326 e. The van der Waals surface area contributed by atoms with Crippen molar-refractivity contribution in [3.05, 3.63) is 17.9 Å². The molecule has 1 aliphatic heterocycles. The van der Waals surface area contributed by atoms with Gasteiger partial charge in [-0.05, 0) is 18.9 Å². The second kappa shape index (κ2) is 5.12. The van der Waals surface area contributed by atoms with Gasteiger partial charge in [0.05, 0.1) is 6.42 Å². The van der Waals surface area contributed by atoms with Gasteiger partial charge in [0.25, 0.3) is 0 Å². The summed E-state index contributed by atoms with van der Waals surface area (Å²) in [6.45, 7) is 0.656. The largest absolute Gasteiger partial charge is 0.481 e. The standard InChI is InChI=1S/C12H15NO5/c14-11(15)6-4-8-3-5-10(18-8)13-7-1-2-9(13)12(16)17/h3,5,9H,1-2,4,6-7H2,(H,14,15)(H,16,17). The maximum Gasteiger partial charge on any atom is 0.326 e. The highest BCUT2D eigenvalue weighted by atomic mass is 16.4. The number of aliphatic carboxylic acids is 2. The molecule has 1 aliphatic rings. The molecule has 1 atom stereocenters. The van der Waals surface area contributed by atoms with Gasteiger partial charge in [0.1, 0.15) is 11.8 Å². The van der Waals surface area contributed by atoms with E-state index < -0.39 is 18.0 Å². The molecular formula is C12H15NO5. The molecular weight excluding hydrogens is 238 g/mol. The summed E-state index contributed by atoms with van der Waals surface area (Å²) in [5.41, 5.74) is 0. The predicted molar refractivity (Wildman–Crippen MR) is 62.7 cm³/mol. The summed E-state index contributed by atoms with van der Waals surface area (Å²) in [5, 5.41) is 17.6. The van der Waals surface area contributed by atoms with Crippen molar-refractivity contribution in [2.45, 2.75) is 31.7 Å². The van der Waals surface area contributed by atoms with Crippen molar-refractivity contribution in [1.29, 1.82) is 0 Å². The SMILES string of the molecule is O=C(O)CCc1ccc(N2CCCC2C(=O)O)o1. The molecule has 98 valence electrons. The molecule has 1 aromatic rings. The van der Waals surface area contributed by atoms with E-state index in [9.17, 15) is 9.59 Å². The monoisotopic (exact) mass is 253 g/mol. The first-order valence-corrected chi connectivity index (χ1v) is 5.88. The Kier molecular flexibility index (Phi) is 3.55. The zero-order valence-electron chi connectivity index (χ0n) is 9.83. The number of carbonyl (C=O) groups is 2. The van der Waals surface area contributed by atoms with Crippen molar-refractivity contribution in [1.82, 2.24) is 0 Å². The number of aryl methyl sites for hydroxylation is 1. The first kappa shape index (κ1) is 12.5. The van der Waals surface area contributed by atoms with E-state index in [2.05, 4.69) is 0 Å². The van der Waals surface area contributed by atoms with E-state index in [1.807, 2.05) is 0 Å². The predicted octanol–water partition coefficient (Wildman–Crippen LogP) is 1.35. The lowest BCUT2D eigenvalue weighted by Crippen LogP contribution is -2.35. The second-order valence-corrected chi connectivity index (χ2v) is 4.32. The fraction of sp³-hybridized carbons (Fsp3) is 0.500. The second-order valence-electron chi connectivity index (χ2n) is 4.32. The Morgan fingerprint density at radius 2 is 2.17 bits per heavy atom. The van der Waals surface area contributed by atoms with Crippen LogP contribution in [0.1, 0.15) is 25.0 Å². The molecule has 0 aromatic carbocycles. The van der Waals surface area contributed by atoms with E-state index in [0.717, 1.165) is 6.42 Å². The number of carboxylic acids is 2. The Balaban J connectivity index is 2.05. The van der Waals surface area contributed by atoms with Crippen LogP contribution >= 0.6 is 0 Å². The van der Waals surface area contributed by atoms with E-state index in [1.54, 1.807) is 17.0 Å². The van der Waals surface area contributed by atoms with E-state index in [1.165, 1.54) is 0 Å². The van der Waals surface area contributed by atoms with E-state index in [-0.39, 0.29) is 6.42 Å². The summed E-state index contributed by atoms with van der Waals surface area (Å²) in [4.78, 5) is 23.2. The third-order valence-electron chi connectivity index (χ3n) is 3.05. The first-order chi connectivity index (χ1) is 8.58. The van der Waals surface area contributed by atoms with Gasteiger partial charge in [-0.25, -0.2) is 4.79 Å². The number of carboxylic acid groups (broad SMARTS) is 2. The molecule has 2 rings (SSSR count). The van der Waals surface area contributed by atoms with Crippen LogP contribution < -0.4 is 4.90 Å². The van der Waals surface area contributed by atoms with E-state index in [4.69, 9.17) is 14.6 Å². The quantitative estimate of drug-likeness (QED) is 0.823. The Labute approximate surface area is 104 Å². The van der Waals surface area contributed by atoms with Crippen LogP contribution in [0.4, 0.5) is 5.88 Å². The van der Waals surface area contributed by atoms with Crippen LogP contribution in [0.3, 0.4) is 0 Å². The molecule has 6 nitrogen and oxygen atoms in total. The van der Waals surface area contributed by atoms with Gasteiger partial charge in [-0.2, -0.15) is 0 Å². The minimum atomic E-state index is -0.877. The maximum absolute atomic E-state index is 11.0. The molecule has 2 heterocycles. The maximum atomic E-state index is 11.0. The number of nitrogens with zero attached hydrogens (tertiary/aromatic N) is 1. The van der Waals surface area contributed by atoms with Crippen molar-refractivity contribution in [3.8, 4) is 0 Å². The lowest BCUT2D eigenvalue weighted by atomic mass is 10.2. The van der Waals surface area contributed by atoms with E-state index >= 15 is 0 Å². The van der Waals surface area contributed by atoms with Gasteiger partial charge in [0.2, 0.25) is 0 Å². The van der Waals surface area contributed by atoms with Crippen LogP contribution in [0, 0.1) is 0 Å². The van der Waals surface area contributed by atoms with Crippen molar-refractivity contribution < 1.29 is 24.2 Å². The summed E-state index contributed by atoms with van der Waals surface area (Å²) in [6, 6.07) is 2.87. The van der Waals surface area contributed by atoms with Crippen LogP contribution in [0.5, 0.6) is 0 Å². The summed E-state index contributed by atoms with van der Waals surface area (Å²) in [6.07, 6.45) is 1.76. The van der Waals surface area contributed by atoms with Gasteiger partial charge >= 0.3 is 11.9 Å². The van der Waals surface area contributed by atoms with E-state index in [0.29, 0.717) is 31.0 Å². The molecule has 0 radical (unpaired) electrons. The van der Waals surface area contributed by atoms with Crippen molar-refractivity contribution >= 4 is 17.8 Å². The topological polar surface area (TPSA) is 91.0 Å². The molecule has 0 saturated carbocycles. The van der Waals surface area contributed by atoms with Crippen molar-refractivity contribution in [2.75, 3.05) is 11.4 Å². The zero-order chi connectivity index (χ0) is 13.1. The van der Waals surface area contributed by atoms with Crippen LogP contribution in [-0.2, 0) is 16.0 Å². The molecule has 1 fully saturated rings. The normalized spacial score (nSPS) is 19.1. The molecule has 0 spiro atoms. The van der Waals surface area contributed by atoms with Crippen LogP contribution in [-0.4, -0.2) is 34.7 Å². The summed E-state index contributed by atoms with van der Waals surface area (Å²) < 4.78 is 5.50. The Hall–Kier alpha value is -1.98. The summed E-state index contributed by atoms with van der Waals surface area (Å²) >= 11 is 0. The average molecular weight is 253 g/mol. The number of hydrogen-bond donors (Lipinski definition) is 2. The number of anilines is 1. The van der Waals surface area contributed by atoms with Crippen LogP contribution in [0.2, 0.25) is 0 Å². The third-order valence-corrected chi connectivity index (χ3v) is 3.05. The highest BCUT2D eigenvalue weighted by Crippen LogP contribution is 2.27. The number of furan rings is 1. The Morgan fingerprint density at radius 1 is 1.39 bits per heavy atom. The highest BCUT2D eigenvalue weighted by Gasteiger charge is 2.32. The van der Waals surface area contributed by atoms with Gasteiger partial charge in [0, 0.05) is 19.0 Å². The molecule has 0 bridgehead atoms. The minimum absolute atomic E-state index is 0.00924. The summed E-state index contributed by atoms with van der Waals surface area (Å²) in [5.74, 6) is -0.641. The van der Waals surface area contributed by atoms with Crippen molar-refractivity contribution in [3.63, 3.8) is 0 Å². The highest BCUT2D eigenvalue weighted by molar-refractivity contribution is 5.78. The number of hydrogen-bond acceptors (Lipinski definition) is 4. The third kappa shape index (κ3) is 2.64. The lowest BCUT2D eigenvalue weighted by molar-refractivity contribution is -0.138. The Bertz CT molecular complexity index is 453. The molecule has 0 amide bonds. The van der Waals surface area contributed by atoms with Gasteiger partial charge < -0.3 is 19.5 Å². The minimum Gasteiger partial charge on any atom is -0.481 e. The summed E-state index contributed by atoms with van der Waals surface area (Å²) in [7, 11) is 0. The average Bonchev–Trinajstić information content (AvgIpc) is 2.94. The molecule has 1 aromatic heterocycles. The zero-order valence-corrected chi connectivity index (χ0v) is 9.83. The molecule has 2 N–H and O–H groups in total. The first-order valence-electron chi connectivity index (χ1n) is 5.88. The molecule has 1 unspecified atom stereocenters. The van der Waals surface area contributed by atoms with Gasteiger partial charge in [-0.15, -0.1) is 0 Å². The van der Waals surface area contributed by atoms with Crippen LogP contribution in [0.25, 0.3) is 0 Å². The number of rotatable bonds is 5. The molecule has 1 saturated heterocycles. The lowest BCUT2D eigenvalue weighted by Gasteiger charge is -2.20. The van der Waals surface area contributed by atoms with Gasteiger partial charge in [-0.1, -0.05) is 0 Å². The fourth-order valence-corrected chi connectivity index (χ4v) is 2.17.